The van der Waals surface area contributed by atoms with E-state index in [9.17, 15) is 9.59 Å². The lowest BCUT2D eigenvalue weighted by Crippen LogP contribution is -2.51. The van der Waals surface area contributed by atoms with E-state index in [0.29, 0.717) is 37.0 Å². The number of tetrazole rings is 1. The first kappa shape index (κ1) is 18.7. The van der Waals surface area contributed by atoms with Crippen LogP contribution in [0.1, 0.15) is 19.8 Å². The van der Waals surface area contributed by atoms with E-state index in [1.807, 2.05) is 11.8 Å². The Hall–Kier alpha value is -1.68. The molecule has 2 amide bonds. The number of aryl methyl sites for hydroxylation is 1. The molecule has 10 heteroatoms. The summed E-state index contributed by atoms with van der Waals surface area (Å²) in [4.78, 5) is 27.9. The van der Waals surface area contributed by atoms with Crippen molar-refractivity contribution < 1.29 is 9.59 Å². The van der Waals surface area contributed by atoms with Gasteiger partial charge in [-0.2, -0.15) is 0 Å². The van der Waals surface area contributed by atoms with E-state index < -0.39 is 0 Å². The summed E-state index contributed by atoms with van der Waals surface area (Å²) in [6, 6.07) is 0. The van der Waals surface area contributed by atoms with E-state index in [0.717, 1.165) is 26.1 Å². The van der Waals surface area contributed by atoms with Crippen LogP contribution in [0.4, 0.5) is 0 Å². The molecule has 0 atom stereocenters. The van der Waals surface area contributed by atoms with Gasteiger partial charge in [0, 0.05) is 51.9 Å². The molecule has 0 saturated carbocycles. The second kappa shape index (κ2) is 9.58. The van der Waals surface area contributed by atoms with Gasteiger partial charge in [-0.25, -0.2) is 4.68 Å². The minimum absolute atomic E-state index is 0.0605. The normalized spacial score (nSPS) is 15.5. The lowest BCUT2D eigenvalue weighted by molar-refractivity contribution is -0.132. The highest BCUT2D eigenvalue weighted by molar-refractivity contribution is 7.99. The number of carbonyl (C=O) groups is 2. The third-order valence-corrected chi connectivity index (χ3v) is 4.81. The highest BCUT2D eigenvalue weighted by Crippen LogP contribution is 2.14. The summed E-state index contributed by atoms with van der Waals surface area (Å²) in [5.74, 6) is 0.866. The highest BCUT2D eigenvalue weighted by atomic mass is 32.2. The van der Waals surface area contributed by atoms with Gasteiger partial charge in [0.2, 0.25) is 17.0 Å². The topological polar surface area (TPSA) is 96.2 Å². The van der Waals surface area contributed by atoms with Crippen molar-refractivity contribution in [3.8, 4) is 0 Å². The van der Waals surface area contributed by atoms with Crippen LogP contribution in [0.15, 0.2) is 5.16 Å². The molecule has 0 aromatic carbocycles. The van der Waals surface area contributed by atoms with E-state index >= 15 is 0 Å². The predicted octanol–water partition coefficient (Wildman–Crippen LogP) is -0.637. The minimum atomic E-state index is 0.0605. The van der Waals surface area contributed by atoms with Gasteiger partial charge in [-0.1, -0.05) is 18.7 Å². The van der Waals surface area contributed by atoms with Crippen LogP contribution in [0.3, 0.4) is 0 Å². The second-order valence-electron chi connectivity index (χ2n) is 5.69. The molecule has 1 aromatic heterocycles. The number of rotatable bonds is 8. The first-order valence-electron chi connectivity index (χ1n) is 8.22. The quantitative estimate of drug-likeness (QED) is 0.620. The molecule has 0 bridgehead atoms. The molecule has 2 rings (SSSR count). The fourth-order valence-corrected chi connectivity index (χ4v) is 3.19. The molecule has 0 radical (unpaired) electrons. The molecule has 2 heterocycles. The number of piperazine rings is 1. The lowest BCUT2D eigenvalue weighted by Gasteiger charge is -2.34. The number of hydrogen-bond donors (Lipinski definition) is 1. The molecule has 0 unspecified atom stereocenters. The van der Waals surface area contributed by atoms with Crippen molar-refractivity contribution in [1.82, 2.24) is 35.3 Å². The van der Waals surface area contributed by atoms with Crippen molar-refractivity contribution in [2.24, 2.45) is 7.05 Å². The Labute approximate surface area is 146 Å². The molecule has 1 aromatic rings. The van der Waals surface area contributed by atoms with Gasteiger partial charge in [0.1, 0.15) is 0 Å². The van der Waals surface area contributed by atoms with Gasteiger partial charge in [-0.15, -0.1) is 5.10 Å². The number of nitrogens with one attached hydrogen (secondary N) is 1. The molecular formula is C14H25N7O2S. The molecule has 1 N–H and O–H groups in total. The van der Waals surface area contributed by atoms with Gasteiger partial charge in [-0.3, -0.25) is 14.5 Å². The van der Waals surface area contributed by atoms with Gasteiger partial charge in [0.25, 0.3) is 0 Å². The summed E-state index contributed by atoms with van der Waals surface area (Å²) in [6.45, 7) is 6.00. The van der Waals surface area contributed by atoms with Gasteiger partial charge < -0.3 is 10.2 Å². The molecular weight excluding hydrogens is 330 g/mol. The Morgan fingerprint density at radius 3 is 2.62 bits per heavy atom. The van der Waals surface area contributed by atoms with Crippen LogP contribution >= 0.6 is 11.8 Å². The van der Waals surface area contributed by atoms with Crippen LogP contribution in [-0.4, -0.2) is 86.8 Å². The SMILES string of the molecule is CCCNC(=O)CN1CCN(C(=O)CCSc2nnnn2C)CC1. The van der Waals surface area contributed by atoms with Gasteiger partial charge >= 0.3 is 0 Å². The van der Waals surface area contributed by atoms with Crippen molar-refractivity contribution in [2.75, 3.05) is 45.0 Å². The van der Waals surface area contributed by atoms with Gasteiger partial charge in [0.05, 0.1) is 6.54 Å². The van der Waals surface area contributed by atoms with Crippen molar-refractivity contribution in [1.29, 1.82) is 0 Å². The van der Waals surface area contributed by atoms with Gasteiger partial charge in [-0.05, 0) is 16.8 Å². The maximum atomic E-state index is 12.2. The number of amides is 2. The zero-order valence-electron chi connectivity index (χ0n) is 14.3. The molecule has 1 aliphatic rings. The minimum Gasteiger partial charge on any atom is -0.355 e. The summed E-state index contributed by atoms with van der Waals surface area (Å²) >= 11 is 1.48. The summed E-state index contributed by atoms with van der Waals surface area (Å²) in [6.07, 6.45) is 1.41. The number of hydrogen-bond acceptors (Lipinski definition) is 7. The summed E-state index contributed by atoms with van der Waals surface area (Å²) in [5.41, 5.74) is 0. The third-order valence-electron chi connectivity index (χ3n) is 3.79. The molecule has 134 valence electrons. The van der Waals surface area contributed by atoms with E-state index in [1.54, 1.807) is 11.7 Å². The summed E-state index contributed by atoms with van der Waals surface area (Å²) < 4.78 is 1.59. The van der Waals surface area contributed by atoms with Crippen LogP contribution in [-0.2, 0) is 16.6 Å². The van der Waals surface area contributed by atoms with E-state index in [1.165, 1.54) is 11.8 Å². The third kappa shape index (κ3) is 5.75. The van der Waals surface area contributed by atoms with Crippen LogP contribution in [0.2, 0.25) is 0 Å². The average molecular weight is 355 g/mol. The standard InChI is InChI=1S/C14H25N7O2S/c1-3-5-15-12(22)11-20-6-8-21(9-7-20)13(23)4-10-24-14-16-17-18-19(14)2/h3-11H2,1-2H3,(H,15,22). The van der Waals surface area contributed by atoms with Crippen molar-refractivity contribution in [3.63, 3.8) is 0 Å². The van der Waals surface area contributed by atoms with Crippen molar-refractivity contribution >= 4 is 23.6 Å². The molecule has 1 saturated heterocycles. The van der Waals surface area contributed by atoms with Crippen LogP contribution < -0.4 is 5.32 Å². The molecule has 0 spiro atoms. The van der Waals surface area contributed by atoms with Crippen LogP contribution in [0.25, 0.3) is 0 Å². The summed E-state index contributed by atoms with van der Waals surface area (Å²) in [5, 5.41) is 14.8. The Morgan fingerprint density at radius 2 is 2.00 bits per heavy atom. The number of aromatic nitrogens is 4. The van der Waals surface area contributed by atoms with Crippen molar-refractivity contribution in [3.05, 3.63) is 0 Å². The lowest BCUT2D eigenvalue weighted by atomic mass is 10.3. The number of nitrogens with zero attached hydrogens (tertiary/aromatic N) is 6. The first-order valence-corrected chi connectivity index (χ1v) is 9.20. The molecule has 9 nitrogen and oxygen atoms in total. The largest absolute Gasteiger partial charge is 0.355 e. The van der Waals surface area contributed by atoms with Gasteiger partial charge in [0.15, 0.2) is 0 Å². The fraction of sp³-hybridized carbons (Fsp3) is 0.786. The van der Waals surface area contributed by atoms with E-state index in [2.05, 4.69) is 25.7 Å². The predicted molar refractivity (Wildman–Crippen MR) is 90.5 cm³/mol. The molecule has 24 heavy (non-hydrogen) atoms. The molecule has 1 aliphatic heterocycles. The zero-order chi connectivity index (χ0) is 17.4. The van der Waals surface area contributed by atoms with Crippen LogP contribution in [0, 0.1) is 0 Å². The summed E-state index contributed by atoms with van der Waals surface area (Å²) in [7, 11) is 1.78. The highest BCUT2D eigenvalue weighted by Gasteiger charge is 2.22. The Kier molecular flexibility index (Phi) is 7.44. The second-order valence-corrected chi connectivity index (χ2v) is 6.75. The Morgan fingerprint density at radius 1 is 1.25 bits per heavy atom. The zero-order valence-corrected chi connectivity index (χ0v) is 15.1. The number of thioether (sulfide) groups is 1. The smallest absolute Gasteiger partial charge is 0.234 e. The van der Waals surface area contributed by atoms with E-state index in [-0.39, 0.29) is 11.8 Å². The van der Waals surface area contributed by atoms with Crippen LogP contribution in [0.5, 0.6) is 0 Å². The maximum absolute atomic E-state index is 12.2. The Balaban J connectivity index is 1.63. The van der Waals surface area contributed by atoms with Crippen molar-refractivity contribution in [2.45, 2.75) is 24.9 Å². The fourth-order valence-electron chi connectivity index (χ4n) is 2.41. The first-order chi connectivity index (χ1) is 11.6. The van der Waals surface area contributed by atoms with E-state index in [4.69, 9.17) is 0 Å². The maximum Gasteiger partial charge on any atom is 0.234 e. The average Bonchev–Trinajstić information content (AvgIpc) is 2.98. The Bertz CT molecular complexity index is 543. The monoisotopic (exact) mass is 355 g/mol. The number of carbonyl (C=O) groups excluding carboxylic acids is 2. The molecule has 1 fully saturated rings. The molecule has 0 aliphatic carbocycles.